The first-order chi connectivity index (χ1) is 13.9. The van der Waals surface area contributed by atoms with Gasteiger partial charge in [0.05, 0.1) is 19.8 Å². The SMILES string of the molecule is COCCCOc1cc(C(O)C(CC(N)C2CCC(=O)O2)C(C)C)ccc1OC. The summed E-state index contributed by atoms with van der Waals surface area (Å²) < 4.78 is 21.6. The summed E-state index contributed by atoms with van der Waals surface area (Å²) in [5, 5.41) is 11.1. The van der Waals surface area contributed by atoms with Crippen LogP contribution >= 0.6 is 0 Å². The Bertz CT molecular complexity index is 650. The van der Waals surface area contributed by atoms with Crippen LogP contribution in [0.5, 0.6) is 11.5 Å². The van der Waals surface area contributed by atoms with Crippen LogP contribution in [0.4, 0.5) is 0 Å². The fourth-order valence-electron chi connectivity index (χ4n) is 3.70. The average molecular weight is 410 g/mol. The summed E-state index contributed by atoms with van der Waals surface area (Å²) in [6, 6.07) is 5.18. The van der Waals surface area contributed by atoms with Crippen molar-refractivity contribution in [1.82, 2.24) is 0 Å². The minimum atomic E-state index is -0.717. The lowest BCUT2D eigenvalue weighted by molar-refractivity contribution is -0.142. The molecule has 1 aromatic rings. The monoisotopic (exact) mass is 409 g/mol. The van der Waals surface area contributed by atoms with Crippen LogP contribution in [0, 0.1) is 11.8 Å². The van der Waals surface area contributed by atoms with Gasteiger partial charge < -0.3 is 29.8 Å². The number of carbonyl (C=O) groups excluding carboxylic acids is 1. The van der Waals surface area contributed by atoms with E-state index in [9.17, 15) is 9.90 Å². The van der Waals surface area contributed by atoms with Crippen LogP contribution in [0.2, 0.25) is 0 Å². The molecule has 0 radical (unpaired) electrons. The Hall–Kier alpha value is -1.83. The predicted molar refractivity (Wildman–Crippen MR) is 110 cm³/mol. The summed E-state index contributed by atoms with van der Waals surface area (Å²) in [7, 11) is 3.24. The minimum absolute atomic E-state index is 0.0842. The molecule has 7 nitrogen and oxygen atoms in total. The van der Waals surface area contributed by atoms with Crippen LogP contribution in [0.3, 0.4) is 0 Å². The van der Waals surface area contributed by atoms with E-state index in [0.717, 1.165) is 12.0 Å². The molecular weight excluding hydrogens is 374 g/mol. The highest BCUT2D eigenvalue weighted by molar-refractivity contribution is 5.71. The molecule has 7 heteroatoms. The molecule has 4 atom stereocenters. The summed E-state index contributed by atoms with van der Waals surface area (Å²) in [6.45, 7) is 5.23. The number of hydrogen-bond donors (Lipinski definition) is 2. The number of methoxy groups -OCH3 is 2. The number of rotatable bonds is 12. The van der Waals surface area contributed by atoms with Crippen molar-refractivity contribution < 1.29 is 28.8 Å². The van der Waals surface area contributed by atoms with E-state index >= 15 is 0 Å². The molecule has 0 aromatic heterocycles. The van der Waals surface area contributed by atoms with Crippen molar-refractivity contribution in [2.24, 2.45) is 17.6 Å². The van der Waals surface area contributed by atoms with E-state index < -0.39 is 6.10 Å². The van der Waals surface area contributed by atoms with Gasteiger partial charge in [-0.15, -0.1) is 0 Å². The zero-order valence-electron chi connectivity index (χ0n) is 17.9. The van der Waals surface area contributed by atoms with Crippen LogP contribution < -0.4 is 15.2 Å². The van der Waals surface area contributed by atoms with Crippen LogP contribution in [-0.2, 0) is 14.3 Å². The van der Waals surface area contributed by atoms with Gasteiger partial charge in [0.25, 0.3) is 0 Å². The highest BCUT2D eigenvalue weighted by Crippen LogP contribution is 2.37. The standard InChI is InChI=1S/C22H35NO6/c1-14(2)16(13-17(23)18-8-9-21(24)29-18)22(25)15-6-7-19(27-4)20(12-15)28-11-5-10-26-3/h6-7,12,14,16-18,22,25H,5,8-11,13,23H2,1-4H3. The van der Waals surface area contributed by atoms with Gasteiger partial charge in [-0.2, -0.15) is 0 Å². The largest absolute Gasteiger partial charge is 0.493 e. The lowest BCUT2D eigenvalue weighted by Gasteiger charge is -2.31. The van der Waals surface area contributed by atoms with Crippen LogP contribution in [0.15, 0.2) is 18.2 Å². The first kappa shape index (κ1) is 23.4. The number of aliphatic hydroxyl groups is 1. The Morgan fingerprint density at radius 3 is 2.59 bits per heavy atom. The number of cyclic esters (lactones) is 1. The first-order valence-electron chi connectivity index (χ1n) is 10.3. The van der Waals surface area contributed by atoms with E-state index in [0.29, 0.717) is 44.0 Å². The number of nitrogens with two attached hydrogens (primary N) is 1. The summed E-state index contributed by atoms with van der Waals surface area (Å²) in [5.41, 5.74) is 7.07. The molecular formula is C22H35NO6. The van der Waals surface area contributed by atoms with Crippen molar-refractivity contribution in [3.05, 3.63) is 23.8 Å². The van der Waals surface area contributed by atoms with E-state index in [1.165, 1.54) is 0 Å². The molecule has 164 valence electrons. The Morgan fingerprint density at radius 1 is 1.24 bits per heavy atom. The lowest BCUT2D eigenvalue weighted by atomic mass is 9.81. The predicted octanol–water partition coefficient (Wildman–Crippen LogP) is 2.84. The zero-order valence-corrected chi connectivity index (χ0v) is 17.9. The van der Waals surface area contributed by atoms with Gasteiger partial charge in [-0.25, -0.2) is 0 Å². The third kappa shape index (κ3) is 6.59. The molecule has 1 aromatic carbocycles. The molecule has 0 bridgehead atoms. The number of benzene rings is 1. The van der Waals surface area contributed by atoms with Crippen molar-refractivity contribution in [3.8, 4) is 11.5 Å². The topological polar surface area (TPSA) is 100 Å². The van der Waals surface area contributed by atoms with E-state index in [1.54, 1.807) is 20.3 Å². The van der Waals surface area contributed by atoms with Crippen molar-refractivity contribution in [3.63, 3.8) is 0 Å². The third-order valence-electron chi connectivity index (χ3n) is 5.48. The van der Waals surface area contributed by atoms with Crippen LogP contribution in [0.25, 0.3) is 0 Å². The van der Waals surface area contributed by atoms with Gasteiger partial charge in [0, 0.05) is 32.6 Å². The number of carbonyl (C=O) groups is 1. The van der Waals surface area contributed by atoms with Crippen molar-refractivity contribution in [1.29, 1.82) is 0 Å². The minimum Gasteiger partial charge on any atom is -0.493 e. The van der Waals surface area contributed by atoms with Crippen molar-refractivity contribution >= 4 is 5.97 Å². The summed E-state index contributed by atoms with van der Waals surface area (Å²) in [4.78, 5) is 11.4. The quantitative estimate of drug-likeness (QED) is 0.404. The maximum atomic E-state index is 11.4. The Kier molecular flexibility index (Phi) is 9.20. The molecule has 1 aliphatic rings. The van der Waals surface area contributed by atoms with E-state index in [1.807, 2.05) is 12.1 Å². The number of esters is 1. The summed E-state index contributed by atoms with van der Waals surface area (Å²) in [6.07, 6.45) is 1.39. The van der Waals surface area contributed by atoms with Crippen molar-refractivity contribution in [2.45, 2.75) is 57.8 Å². The number of ether oxygens (including phenoxy) is 4. The first-order valence-corrected chi connectivity index (χ1v) is 10.3. The number of hydrogen-bond acceptors (Lipinski definition) is 7. The van der Waals surface area contributed by atoms with Crippen molar-refractivity contribution in [2.75, 3.05) is 27.4 Å². The Balaban J connectivity index is 2.11. The molecule has 1 aliphatic heterocycles. The molecule has 3 N–H and O–H groups in total. The van der Waals surface area contributed by atoms with Crippen LogP contribution in [0.1, 0.15) is 51.2 Å². The fourth-order valence-corrected chi connectivity index (χ4v) is 3.70. The van der Waals surface area contributed by atoms with Gasteiger partial charge in [-0.05, 0) is 42.4 Å². The zero-order chi connectivity index (χ0) is 21.4. The Morgan fingerprint density at radius 2 is 2.00 bits per heavy atom. The third-order valence-corrected chi connectivity index (χ3v) is 5.48. The molecule has 1 heterocycles. The highest BCUT2D eigenvalue weighted by Gasteiger charge is 2.34. The summed E-state index contributed by atoms with van der Waals surface area (Å²) in [5.74, 6) is 1.13. The molecule has 0 spiro atoms. The van der Waals surface area contributed by atoms with E-state index in [4.69, 9.17) is 24.7 Å². The fraction of sp³-hybridized carbons (Fsp3) is 0.682. The molecule has 29 heavy (non-hydrogen) atoms. The van der Waals surface area contributed by atoms with Gasteiger partial charge >= 0.3 is 5.97 Å². The molecule has 0 amide bonds. The average Bonchev–Trinajstić information content (AvgIpc) is 3.14. The maximum Gasteiger partial charge on any atom is 0.306 e. The van der Waals surface area contributed by atoms with Gasteiger partial charge in [0.2, 0.25) is 0 Å². The summed E-state index contributed by atoms with van der Waals surface area (Å²) >= 11 is 0. The van der Waals surface area contributed by atoms with E-state index in [-0.39, 0.29) is 30.0 Å². The number of aliphatic hydroxyl groups excluding tert-OH is 1. The highest BCUT2D eigenvalue weighted by atomic mass is 16.6. The molecule has 0 saturated carbocycles. The van der Waals surface area contributed by atoms with Gasteiger partial charge in [0.1, 0.15) is 6.10 Å². The Labute approximate surface area is 173 Å². The molecule has 1 fully saturated rings. The van der Waals surface area contributed by atoms with Gasteiger partial charge in [0.15, 0.2) is 11.5 Å². The smallest absolute Gasteiger partial charge is 0.306 e. The molecule has 2 rings (SSSR count). The van der Waals surface area contributed by atoms with Crippen LogP contribution in [-0.4, -0.2) is 50.7 Å². The maximum absolute atomic E-state index is 11.4. The molecule has 1 saturated heterocycles. The second kappa shape index (κ2) is 11.4. The normalized spacial score (nSPS) is 19.7. The van der Waals surface area contributed by atoms with Gasteiger partial charge in [-0.3, -0.25) is 4.79 Å². The second-order valence-electron chi connectivity index (χ2n) is 7.92. The lowest BCUT2D eigenvalue weighted by Crippen LogP contribution is -2.38. The van der Waals surface area contributed by atoms with E-state index in [2.05, 4.69) is 13.8 Å². The molecule has 0 aliphatic carbocycles. The van der Waals surface area contributed by atoms with Gasteiger partial charge in [-0.1, -0.05) is 19.9 Å². The molecule has 4 unspecified atom stereocenters. The second-order valence-corrected chi connectivity index (χ2v) is 7.92.